The highest BCUT2D eigenvalue weighted by molar-refractivity contribution is 5.88. The largest absolute Gasteiger partial charge is 0.478 e. The van der Waals surface area contributed by atoms with E-state index in [1.165, 1.54) is 49.7 Å². The molecule has 1 aromatic rings. The number of carboxylic acid groups (broad SMARTS) is 1. The summed E-state index contributed by atoms with van der Waals surface area (Å²) in [5, 5.41) is 11.8. The Hall–Kier alpha value is -1.84. The molecule has 3 aliphatic rings. The first kappa shape index (κ1) is 20.9. The number of hydrogen-bond donors (Lipinski definition) is 2. The standard InChI is InChI=1S/C19H24O2.C5H11NO/c1-19-9-2-3-17(19)16-7-4-12-11-13(18(20)21)5-6-14(12)15(16)8-10-19;1-5(2,3)6-4-7/h5-6,11,15-17H,2-4,7-10H2,1H3,(H,20,21);4H,1-3H3,(H,6,7)/t15-,16-,17+,19+;/m1./s1. The van der Waals surface area contributed by atoms with Crippen LogP contribution in [0.15, 0.2) is 18.2 Å². The van der Waals surface area contributed by atoms with Gasteiger partial charge in [-0.3, -0.25) is 4.79 Å². The van der Waals surface area contributed by atoms with Gasteiger partial charge in [0, 0.05) is 5.54 Å². The van der Waals surface area contributed by atoms with Crippen LogP contribution in [0.4, 0.5) is 0 Å². The number of carboxylic acids is 1. The van der Waals surface area contributed by atoms with Crippen molar-refractivity contribution in [2.45, 2.75) is 84.1 Å². The topological polar surface area (TPSA) is 66.4 Å². The lowest BCUT2D eigenvalue weighted by molar-refractivity contribution is -0.110. The Labute approximate surface area is 169 Å². The third-order valence-corrected chi connectivity index (χ3v) is 7.25. The maximum absolute atomic E-state index is 11.2. The highest BCUT2D eigenvalue weighted by atomic mass is 16.4. The Morgan fingerprint density at radius 3 is 2.57 bits per heavy atom. The van der Waals surface area contributed by atoms with Crippen molar-refractivity contribution in [1.82, 2.24) is 5.32 Å². The molecule has 4 atom stereocenters. The van der Waals surface area contributed by atoms with Gasteiger partial charge in [0.2, 0.25) is 6.41 Å². The summed E-state index contributed by atoms with van der Waals surface area (Å²) < 4.78 is 0. The van der Waals surface area contributed by atoms with E-state index in [4.69, 9.17) is 0 Å². The van der Waals surface area contributed by atoms with Gasteiger partial charge < -0.3 is 10.4 Å². The van der Waals surface area contributed by atoms with Gasteiger partial charge in [0.25, 0.3) is 0 Å². The van der Waals surface area contributed by atoms with Crippen LogP contribution in [0, 0.1) is 17.3 Å². The van der Waals surface area contributed by atoms with Crippen molar-refractivity contribution in [1.29, 1.82) is 0 Å². The molecule has 2 saturated carbocycles. The summed E-state index contributed by atoms with van der Waals surface area (Å²) in [5.74, 6) is 1.64. The number of hydrogen-bond acceptors (Lipinski definition) is 2. The van der Waals surface area contributed by atoms with Crippen LogP contribution in [-0.2, 0) is 11.2 Å². The quantitative estimate of drug-likeness (QED) is 0.691. The smallest absolute Gasteiger partial charge is 0.335 e. The summed E-state index contributed by atoms with van der Waals surface area (Å²) in [4.78, 5) is 20.9. The molecule has 0 bridgehead atoms. The zero-order valence-corrected chi connectivity index (χ0v) is 17.8. The number of carbonyl (C=O) groups excluding carboxylic acids is 1. The molecule has 0 unspecified atom stereocenters. The van der Waals surface area contributed by atoms with Gasteiger partial charge in [0.15, 0.2) is 0 Å². The highest BCUT2D eigenvalue weighted by Gasteiger charge is 2.50. The lowest BCUT2D eigenvalue weighted by atomic mass is 9.56. The van der Waals surface area contributed by atoms with Gasteiger partial charge in [0.05, 0.1) is 5.56 Å². The monoisotopic (exact) mass is 385 g/mol. The van der Waals surface area contributed by atoms with Gasteiger partial charge >= 0.3 is 5.97 Å². The van der Waals surface area contributed by atoms with Crippen LogP contribution in [0.5, 0.6) is 0 Å². The summed E-state index contributed by atoms with van der Waals surface area (Å²) in [6, 6.07) is 5.86. The Morgan fingerprint density at radius 2 is 1.96 bits per heavy atom. The minimum absolute atomic E-state index is 0.0677. The van der Waals surface area contributed by atoms with Crippen molar-refractivity contribution in [3.8, 4) is 0 Å². The van der Waals surface area contributed by atoms with Gasteiger partial charge in [0.1, 0.15) is 0 Å². The molecule has 2 fully saturated rings. The van der Waals surface area contributed by atoms with E-state index in [0.717, 1.165) is 18.3 Å². The first-order valence-electron chi connectivity index (χ1n) is 10.7. The molecule has 1 aromatic carbocycles. The Kier molecular flexibility index (Phi) is 5.88. The van der Waals surface area contributed by atoms with Gasteiger partial charge in [-0.25, -0.2) is 4.79 Å². The maximum Gasteiger partial charge on any atom is 0.335 e. The van der Waals surface area contributed by atoms with E-state index in [1.807, 2.05) is 32.9 Å². The first-order chi connectivity index (χ1) is 13.1. The molecule has 3 aliphatic carbocycles. The summed E-state index contributed by atoms with van der Waals surface area (Å²) in [5.41, 5.74) is 3.75. The van der Waals surface area contributed by atoms with E-state index in [9.17, 15) is 14.7 Å². The zero-order valence-electron chi connectivity index (χ0n) is 17.8. The fourth-order valence-corrected chi connectivity index (χ4v) is 5.89. The van der Waals surface area contributed by atoms with Gasteiger partial charge in [-0.1, -0.05) is 19.4 Å². The van der Waals surface area contributed by atoms with Crippen molar-refractivity contribution < 1.29 is 14.7 Å². The van der Waals surface area contributed by atoms with Crippen molar-refractivity contribution in [2.24, 2.45) is 17.3 Å². The number of nitrogens with one attached hydrogen (secondary N) is 1. The average molecular weight is 386 g/mol. The molecule has 0 aliphatic heterocycles. The molecule has 154 valence electrons. The zero-order chi connectivity index (χ0) is 20.5. The van der Waals surface area contributed by atoms with E-state index in [-0.39, 0.29) is 5.54 Å². The molecule has 4 rings (SSSR count). The Bertz CT molecular complexity index is 736. The lowest BCUT2D eigenvalue weighted by Gasteiger charge is -2.49. The van der Waals surface area contributed by atoms with E-state index in [2.05, 4.69) is 18.3 Å². The molecular formula is C24H35NO3. The number of amides is 1. The average Bonchev–Trinajstić information content (AvgIpc) is 3.02. The molecule has 28 heavy (non-hydrogen) atoms. The van der Waals surface area contributed by atoms with Crippen LogP contribution in [0.3, 0.4) is 0 Å². The molecule has 2 N–H and O–H groups in total. The molecule has 0 spiro atoms. The highest BCUT2D eigenvalue weighted by Crippen LogP contribution is 2.60. The van der Waals surface area contributed by atoms with Crippen molar-refractivity contribution in [2.75, 3.05) is 0 Å². The van der Waals surface area contributed by atoms with Crippen molar-refractivity contribution in [3.63, 3.8) is 0 Å². The van der Waals surface area contributed by atoms with Gasteiger partial charge in [-0.2, -0.15) is 0 Å². The van der Waals surface area contributed by atoms with E-state index < -0.39 is 5.97 Å². The Morgan fingerprint density at radius 1 is 1.21 bits per heavy atom. The fourth-order valence-electron chi connectivity index (χ4n) is 5.89. The summed E-state index contributed by atoms with van der Waals surface area (Å²) in [7, 11) is 0. The third-order valence-electron chi connectivity index (χ3n) is 7.25. The van der Waals surface area contributed by atoms with Crippen LogP contribution in [0.25, 0.3) is 0 Å². The second-order valence-electron chi connectivity index (χ2n) is 10.2. The van der Waals surface area contributed by atoms with E-state index >= 15 is 0 Å². The third kappa shape index (κ3) is 4.26. The number of benzene rings is 1. The number of aromatic carboxylic acids is 1. The minimum Gasteiger partial charge on any atom is -0.478 e. The van der Waals surface area contributed by atoms with Crippen LogP contribution in [0.1, 0.15) is 93.6 Å². The SMILES string of the molecule is CC(C)(C)NC=O.C[C@@]12CCC[C@H]1[C@@H]1CCc3cc(C(=O)O)ccc3[C@H]1CC2. The summed E-state index contributed by atoms with van der Waals surface area (Å²) in [6.45, 7) is 8.31. The number of carbonyl (C=O) groups is 2. The second kappa shape index (κ2) is 7.88. The Balaban J connectivity index is 0.000000279. The maximum atomic E-state index is 11.2. The predicted molar refractivity (Wildman–Crippen MR) is 112 cm³/mol. The lowest BCUT2D eigenvalue weighted by Crippen LogP contribution is -2.39. The summed E-state index contributed by atoms with van der Waals surface area (Å²) in [6.07, 6.45) is 9.96. The van der Waals surface area contributed by atoms with Gasteiger partial charge in [-0.15, -0.1) is 0 Å². The molecule has 4 nitrogen and oxygen atoms in total. The van der Waals surface area contributed by atoms with Crippen LogP contribution in [0.2, 0.25) is 0 Å². The minimum atomic E-state index is -0.799. The molecular weight excluding hydrogens is 350 g/mol. The normalized spacial score (nSPS) is 30.8. The number of aryl methyl sites for hydroxylation is 1. The predicted octanol–water partition coefficient (Wildman–Crippen LogP) is 5.16. The molecule has 0 heterocycles. The van der Waals surface area contributed by atoms with Crippen LogP contribution < -0.4 is 5.32 Å². The molecule has 0 radical (unpaired) electrons. The van der Waals surface area contributed by atoms with E-state index in [0.29, 0.717) is 23.3 Å². The second-order valence-corrected chi connectivity index (χ2v) is 10.2. The van der Waals surface area contributed by atoms with Crippen LogP contribution in [-0.4, -0.2) is 23.0 Å². The van der Waals surface area contributed by atoms with Crippen LogP contribution >= 0.6 is 0 Å². The molecule has 0 saturated heterocycles. The van der Waals surface area contributed by atoms with Gasteiger partial charge in [-0.05, 0) is 106 Å². The van der Waals surface area contributed by atoms with E-state index in [1.54, 1.807) is 0 Å². The number of fused-ring (bicyclic) bond motifs is 5. The molecule has 1 amide bonds. The summed E-state index contributed by atoms with van der Waals surface area (Å²) >= 11 is 0. The molecule has 4 heteroatoms. The van der Waals surface area contributed by atoms with Crippen molar-refractivity contribution in [3.05, 3.63) is 34.9 Å². The van der Waals surface area contributed by atoms with Crippen molar-refractivity contribution >= 4 is 12.4 Å². The number of rotatable bonds is 2. The first-order valence-corrected chi connectivity index (χ1v) is 10.7. The molecule has 0 aromatic heterocycles. The fraction of sp³-hybridized carbons (Fsp3) is 0.667.